The Morgan fingerprint density at radius 3 is 2.58 bits per heavy atom. The molecule has 0 saturated carbocycles. The largest absolute Gasteiger partial charge is 0.279 e. The molecular weight excluding hydrogens is 286 g/mol. The van der Waals surface area contributed by atoms with E-state index in [0.29, 0.717) is 5.88 Å². The summed E-state index contributed by atoms with van der Waals surface area (Å²) < 4.78 is 25.0. The van der Waals surface area contributed by atoms with Crippen molar-refractivity contribution in [2.45, 2.75) is 18.6 Å². The van der Waals surface area contributed by atoms with Gasteiger partial charge in [0.25, 0.3) is 0 Å². The highest BCUT2D eigenvalue weighted by molar-refractivity contribution is 7.88. The predicted molar refractivity (Wildman–Crippen MR) is 80.2 cm³/mol. The molecule has 0 aliphatic rings. The van der Waals surface area contributed by atoms with E-state index in [1.165, 1.54) is 7.05 Å². The van der Waals surface area contributed by atoms with Gasteiger partial charge in [0.15, 0.2) is 0 Å². The standard InChI is InChI=1S/C12H18ClN3O2S/c1-14-19(17,18)10-11-4-6-12(7-5-11)16-15-9-3-2-8-13/h4-7,9,14,16H,2-3,8,10H2,1H3/b15-9-. The highest BCUT2D eigenvalue weighted by Crippen LogP contribution is 2.11. The number of hydrogen-bond donors (Lipinski definition) is 2. The van der Waals surface area contributed by atoms with Crippen molar-refractivity contribution in [2.24, 2.45) is 5.10 Å². The SMILES string of the molecule is CNS(=O)(=O)Cc1ccc(N/N=C\CCCCl)cc1. The predicted octanol–water partition coefficient (Wildman–Crippen LogP) is 2.15. The number of sulfonamides is 1. The molecule has 0 unspecified atom stereocenters. The molecule has 1 aromatic carbocycles. The Morgan fingerprint density at radius 2 is 2.00 bits per heavy atom. The van der Waals surface area contributed by atoms with E-state index in [0.717, 1.165) is 24.1 Å². The Morgan fingerprint density at radius 1 is 1.32 bits per heavy atom. The van der Waals surface area contributed by atoms with Crippen LogP contribution < -0.4 is 10.1 Å². The van der Waals surface area contributed by atoms with Crippen molar-refractivity contribution in [3.05, 3.63) is 29.8 Å². The van der Waals surface area contributed by atoms with E-state index in [4.69, 9.17) is 11.6 Å². The van der Waals surface area contributed by atoms with Crippen molar-refractivity contribution < 1.29 is 8.42 Å². The molecule has 106 valence electrons. The van der Waals surface area contributed by atoms with Gasteiger partial charge < -0.3 is 0 Å². The Bertz CT molecular complexity index is 500. The first-order chi connectivity index (χ1) is 9.07. The minimum atomic E-state index is -3.23. The maximum Gasteiger partial charge on any atom is 0.215 e. The van der Waals surface area contributed by atoms with E-state index in [1.54, 1.807) is 30.5 Å². The van der Waals surface area contributed by atoms with Crippen LogP contribution in [0.3, 0.4) is 0 Å². The number of hydrazone groups is 1. The lowest BCUT2D eigenvalue weighted by molar-refractivity contribution is 0.587. The second-order valence-corrected chi connectivity index (χ2v) is 6.22. The topological polar surface area (TPSA) is 70.6 Å². The number of benzene rings is 1. The summed E-state index contributed by atoms with van der Waals surface area (Å²) in [6, 6.07) is 7.09. The Balaban J connectivity index is 2.50. The van der Waals surface area contributed by atoms with Gasteiger partial charge in [-0.25, -0.2) is 13.1 Å². The molecule has 0 amide bonds. The van der Waals surface area contributed by atoms with E-state index < -0.39 is 10.0 Å². The molecule has 0 radical (unpaired) electrons. The molecule has 0 bridgehead atoms. The fraction of sp³-hybridized carbons (Fsp3) is 0.417. The first-order valence-corrected chi connectivity index (χ1v) is 8.10. The summed E-state index contributed by atoms with van der Waals surface area (Å²) in [7, 11) is -1.82. The van der Waals surface area contributed by atoms with Gasteiger partial charge in [-0.1, -0.05) is 12.1 Å². The summed E-state index contributed by atoms with van der Waals surface area (Å²) in [4.78, 5) is 0. The molecule has 19 heavy (non-hydrogen) atoms. The monoisotopic (exact) mass is 303 g/mol. The van der Waals surface area contributed by atoms with Crippen LogP contribution in [0.4, 0.5) is 5.69 Å². The summed E-state index contributed by atoms with van der Waals surface area (Å²) in [5, 5.41) is 4.04. The van der Waals surface area contributed by atoms with Gasteiger partial charge in [0.05, 0.1) is 11.4 Å². The summed E-state index contributed by atoms with van der Waals surface area (Å²) in [5.41, 5.74) is 4.41. The molecule has 5 nitrogen and oxygen atoms in total. The van der Waals surface area contributed by atoms with Crippen LogP contribution in [-0.4, -0.2) is 27.6 Å². The van der Waals surface area contributed by atoms with E-state index in [1.807, 2.05) is 0 Å². The maximum atomic E-state index is 11.4. The van der Waals surface area contributed by atoms with E-state index >= 15 is 0 Å². The molecule has 1 aromatic rings. The molecule has 2 N–H and O–H groups in total. The smallest absolute Gasteiger partial charge is 0.215 e. The molecular formula is C12H18ClN3O2S. The van der Waals surface area contributed by atoms with Gasteiger partial charge in [0.1, 0.15) is 0 Å². The molecule has 0 spiro atoms. The van der Waals surface area contributed by atoms with E-state index in [2.05, 4.69) is 15.2 Å². The van der Waals surface area contributed by atoms with Crippen molar-refractivity contribution >= 4 is 33.5 Å². The third-order valence-electron chi connectivity index (χ3n) is 2.37. The number of alkyl halides is 1. The molecule has 1 rings (SSSR count). The van der Waals surface area contributed by atoms with E-state index in [-0.39, 0.29) is 5.75 Å². The first-order valence-electron chi connectivity index (χ1n) is 5.91. The molecule has 0 fully saturated rings. The second kappa shape index (κ2) is 8.14. The summed E-state index contributed by atoms with van der Waals surface area (Å²) in [6.07, 6.45) is 3.49. The van der Waals surface area contributed by atoms with Gasteiger partial charge in [-0.05, 0) is 37.6 Å². The molecule has 0 atom stereocenters. The number of rotatable bonds is 8. The summed E-state index contributed by atoms with van der Waals surface area (Å²) >= 11 is 5.54. The quantitative estimate of drug-likeness (QED) is 0.334. The number of unbranched alkanes of at least 4 members (excludes halogenated alkanes) is 1. The minimum Gasteiger partial charge on any atom is -0.279 e. The van der Waals surface area contributed by atoms with Gasteiger partial charge in [-0.15, -0.1) is 11.6 Å². The van der Waals surface area contributed by atoms with Gasteiger partial charge in [0.2, 0.25) is 10.0 Å². The van der Waals surface area contributed by atoms with Crippen molar-refractivity contribution in [3.8, 4) is 0 Å². The number of hydrogen-bond acceptors (Lipinski definition) is 4. The molecule has 0 aromatic heterocycles. The third-order valence-corrected chi connectivity index (χ3v) is 3.98. The van der Waals surface area contributed by atoms with Crippen LogP contribution in [0, 0.1) is 0 Å². The summed E-state index contributed by atoms with van der Waals surface area (Å²) in [5.74, 6) is 0.601. The normalized spacial score (nSPS) is 11.9. The zero-order chi connectivity index (χ0) is 14.1. The Labute approximate surface area is 119 Å². The highest BCUT2D eigenvalue weighted by atomic mass is 35.5. The lowest BCUT2D eigenvalue weighted by atomic mass is 10.2. The van der Waals surface area contributed by atoms with Crippen molar-refractivity contribution in [1.29, 1.82) is 0 Å². The molecule has 0 saturated heterocycles. The van der Waals surface area contributed by atoms with Crippen molar-refractivity contribution in [2.75, 3.05) is 18.4 Å². The maximum absolute atomic E-state index is 11.4. The second-order valence-electron chi connectivity index (χ2n) is 3.91. The highest BCUT2D eigenvalue weighted by Gasteiger charge is 2.07. The molecule has 7 heteroatoms. The van der Waals surface area contributed by atoms with Crippen molar-refractivity contribution in [3.63, 3.8) is 0 Å². The average molecular weight is 304 g/mol. The number of anilines is 1. The van der Waals surface area contributed by atoms with Gasteiger partial charge in [-0.3, -0.25) is 5.43 Å². The Kier molecular flexibility index (Phi) is 6.83. The zero-order valence-electron chi connectivity index (χ0n) is 10.8. The number of nitrogens with zero attached hydrogens (tertiary/aromatic N) is 1. The van der Waals surface area contributed by atoms with E-state index in [9.17, 15) is 8.42 Å². The lowest BCUT2D eigenvalue weighted by Gasteiger charge is -2.04. The van der Waals surface area contributed by atoms with Gasteiger partial charge >= 0.3 is 0 Å². The third kappa shape index (κ3) is 6.56. The van der Waals surface area contributed by atoms with Gasteiger partial charge in [-0.2, -0.15) is 5.10 Å². The fourth-order valence-electron chi connectivity index (χ4n) is 1.32. The van der Waals surface area contributed by atoms with Crippen LogP contribution in [0.2, 0.25) is 0 Å². The molecule has 0 aliphatic carbocycles. The Hall–Kier alpha value is -1.11. The fourth-order valence-corrected chi connectivity index (χ4v) is 2.25. The zero-order valence-corrected chi connectivity index (χ0v) is 12.3. The van der Waals surface area contributed by atoms with Crippen LogP contribution in [0.25, 0.3) is 0 Å². The number of halogens is 1. The van der Waals surface area contributed by atoms with Gasteiger partial charge in [0, 0.05) is 12.1 Å². The summed E-state index contributed by atoms with van der Waals surface area (Å²) in [6.45, 7) is 0. The van der Waals surface area contributed by atoms with Crippen LogP contribution in [0.1, 0.15) is 18.4 Å². The van der Waals surface area contributed by atoms with Crippen LogP contribution in [0.15, 0.2) is 29.4 Å². The average Bonchev–Trinajstić information content (AvgIpc) is 2.40. The lowest BCUT2D eigenvalue weighted by Crippen LogP contribution is -2.20. The molecule has 0 aliphatic heterocycles. The van der Waals surface area contributed by atoms with Crippen LogP contribution in [0.5, 0.6) is 0 Å². The van der Waals surface area contributed by atoms with Crippen LogP contribution >= 0.6 is 11.6 Å². The first kappa shape index (κ1) is 15.9. The van der Waals surface area contributed by atoms with Crippen molar-refractivity contribution in [1.82, 2.24) is 4.72 Å². The minimum absolute atomic E-state index is 0.0250. The number of nitrogens with one attached hydrogen (secondary N) is 2. The van der Waals surface area contributed by atoms with Crippen LogP contribution in [-0.2, 0) is 15.8 Å². The molecule has 0 heterocycles.